The highest BCUT2D eigenvalue weighted by Crippen LogP contribution is 2.32. The Bertz CT molecular complexity index is 3440. The predicted octanol–water partition coefficient (Wildman–Crippen LogP) is 15.7. The van der Waals surface area contributed by atoms with Crippen LogP contribution in [0.5, 0.6) is 11.5 Å². The van der Waals surface area contributed by atoms with E-state index in [4.69, 9.17) is 24.7 Å². The summed E-state index contributed by atoms with van der Waals surface area (Å²) in [7, 11) is 0. The predicted molar refractivity (Wildman–Crippen MR) is 372 cm³/mol. The first-order chi connectivity index (χ1) is 44.2. The molecule has 7 aromatic rings. The van der Waals surface area contributed by atoms with Gasteiger partial charge >= 0.3 is 11.9 Å². The van der Waals surface area contributed by atoms with E-state index in [1.54, 1.807) is 55.4 Å². The molecule has 4 aromatic carbocycles. The van der Waals surface area contributed by atoms with Crippen molar-refractivity contribution >= 4 is 40.9 Å². The number of nitrogens with zero attached hydrogens (tertiary/aromatic N) is 4. The molecule has 4 atom stereocenters. The van der Waals surface area contributed by atoms with Crippen molar-refractivity contribution < 1.29 is 42.9 Å². The zero-order chi connectivity index (χ0) is 67.7. The van der Waals surface area contributed by atoms with Crippen molar-refractivity contribution in [3.05, 3.63) is 155 Å². The van der Waals surface area contributed by atoms with Crippen molar-refractivity contribution in [1.29, 1.82) is 0 Å². The number of ketones is 1. The lowest BCUT2D eigenvalue weighted by Gasteiger charge is -2.24. The number of benzene rings is 4. The minimum Gasteiger partial charge on any atom is -0.494 e. The van der Waals surface area contributed by atoms with Gasteiger partial charge in [0.25, 0.3) is 0 Å². The number of nitrogens with two attached hydrogens (primary N) is 1. The van der Waals surface area contributed by atoms with Gasteiger partial charge in [0.15, 0.2) is 17.4 Å². The summed E-state index contributed by atoms with van der Waals surface area (Å²) in [5.74, 6) is 0.330. The minimum atomic E-state index is -0.863. The van der Waals surface area contributed by atoms with E-state index in [-0.39, 0.29) is 23.5 Å². The summed E-state index contributed by atoms with van der Waals surface area (Å²) in [5, 5.41) is 5.43. The molecule has 0 aliphatic rings. The molecule has 0 spiro atoms. The second-order valence-corrected chi connectivity index (χ2v) is 27.9. The zero-order valence-corrected chi connectivity index (χ0v) is 57.9. The molecule has 16 nitrogen and oxygen atoms in total. The molecule has 7 rings (SSSR count). The van der Waals surface area contributed by atoms with Gasteiger partial charge in [-0.15, -0.1) is 11.3 Å². The Hall–Kier alpha value is -8.15. The number of ether oxygens (including phenoxy) is 4. The van der Waals surface area contributed by atoms with E-state index < -0.39 is 53.1 Å². The monoisotopic (exact) mass is 1290 g/mol. The number of carbonyl (C=O) groups is 5. The molecule has 498 valence electrons. The zero-order valence-electron chi connectivity index (χ0n) is 57.1. The van der Waals surface area contributed by atoms with E-state index in [0.29, 0.717) is 29.4 Å². The number of Topliss-reactive ketones (excluding diaryl/α,β-unsaturated/α-hetero) is 1. The molecular formula is C76H99N7O9S. The molecule has 0 aliphatic carbocycles. The topological polar surface area (TPSA) is 224 Å². The molecule has 0 fully saturated rings. The largest absolute Gasteiger partial charge is 0.494 e. The second kappa shape index (κ2) is 35.8. The summed E-state index contributed by atoms with van der Waals surface area (Å²) >= 11 is 1.46. The lowest BCUT2D eigenvalue weighted by molar-refractivity contribution is -0.158. The van der Waals surface area contributed by atoms with Crippen LogP contribution in [-0.2, 0) is 46.9 Å². The van der Waals surface area contributed by atoms with Crippen molar-refractivity contribution in [3.63, 3.8) is 0 Å². The van der Waals surface area contributed by atoms with Crippen molar-refractivity contribution in [2.45, 2.75) is 208 Å². The highest BCUT2D eigenvalue weighted by molar-refractivity contribution is 7.14. The van der Waals surface area contributed by atoms with Crippen molar-refractivity contribution in [1.82, 2.24) is 30.6 Å². The van der Waals surface area contributed by atoms with Gasteiger partial charge in [-0.05, 0) is 145 Å². The molecule has 4 N–H and O–H groups in total. The van der Waals surface area contributed by atoms with E-state index in [9.17, 15) is 24.0 Å². The van der Waals surface area contributed by atoms with Crippen LogP contribution < -0.4 is 25.8 Å². The summed E-state index contributed by atoms with van der Waals surface area (Å²) in [5.41, 5.74) is 12.0. The van der Waals surface area contributed by atoms with Crippen LogP contribution in [0.15, 0.2) is 134 Å². The van der Waals surface area contributed by atoms with E-state index in [1.807, 2.05) is 134 Å². The van der Waals surface area contributed by atoms with Gasteiger partial charge in [0.2, 0.25) is 11.8 Å². The number of hydrogen-bond donors (Lipinski definition) is 3. The number of unbranched alkanes of at least 4 members (excludes halogenated alkanes) is 8. The van der Waals surface area contributed by atoms with Crippen LogP contribution >= 0.6 is 11.3 Å². The third-order valence-electron chi connectivity index (χ3n) is 15.1. The number of aromatic nitrogens is 4. The summed E-state index contributed by atoms with van der Waals surface area (Å²) in [6.45, 7) is 26.1. The lowest BCUT2D eigenvalue weighted by Crippen LogP contribution is -2.49. The molecule has 0 bridgehead atoms. The molecule has 0 saturated carbocycles. The van der Waals surface area contributed by atoms with Gasteiger partial charge < -0.3 is 35.3 Å². The van der Waals surface area contributed by atoms with Crippen LogP contribution in [-0.4, -0.2) is 92.0 Å². The Kier molecular flexibility index (Phi) is 28.4. The Morgan fingerprint density at radius 2 is 0.860 bits per heavy atom. The summed E-state index contributed by atoms with van der Waals surface area (Å²) in [6.07, 6.45) is 20.0. The first kappa shape index (κ1) is 73.9. The van der Waals surface area contributed by atoms with Gasteiger partial charge in [0.1, 0.15) is 34.8 Å². The van der Waals surface area contributed by atoms with Crippen molar-refractivity contribution in [3.8, 4) is 56.5 Å². The van der Waals surface area contributed by atoms with Crippen LogP contribution in [0, 0.1) is 5.92 Å². The van der Waals surface area contributed by atoms with Gasteiger partial charge in [-0.25, -0.2) is 29.5 Å². The molecule has 2 amide bonds. The Labute approximate surface area is 556 Å². The Morgan fingerprint density at radius 3 is 1.25 bits per heavy atom. The van der Waals surface area contributed by atoms with E-state index in [1.165, 1.54) is 62.7 Å². The minimum absolute atomic E-state index is 0.00937. The van der Waals surface area contributed by atoms with Crippen LogP contribution in [0.25, 0.3) is 45.0 Å². The normalized spacial score (nSPS) is 12.9. The molecule has 17 heteroatoms. The summed E-state index contributed by atoms with van der Waals surface area (Å²) in [6, 6.07) is 32.7. The standard InChI is InChI=1S/C43H55N3O5S.C33H44N4O4/c1-9-10-11-12-13-24-50-35-20-18-31(19-21-35)34-27-44-39(45-28-34)32-16-14-30(15-17-32)25-33(40(48)46-29(2)41(49)51-43(6,7)8)26-36(47)37-22-23-38(52-37)42(3,4)5;1-6-7-8-9-10-19-40-28-17-15-25(16-18-28)27-21-35-30(36-22-27)26-13-11-24(12-14-26)20-29(34)31(38)37-23(2)32(39)41-33(3,4)5/h14-23,27-29,33H,9-13,24-26H2,1-8H3,(H,46,48);11-18,21-23,29H,6-10,19-20,34H2,1-5H3,(H,37,38)/t29-,33-;23-,29+/m11/s1. The molecule has 0 aliphatic heterocycles. The fourth-order valence-electron chi connectivity index (χ4n) is 9.76. The average molecular weight is 1290 g/mol. The first-order valence-corrected chi connectivity index (χ1v) is 33.7. The highest BCUT2D eigenvalue weighted by atomic mass is 32.1. The van der Waals surface area contributed by atoms with E-state index in [0.717, 1.165) is 86.9 Å². The van der Waals surface area contributed by atoms with Gasteiger partial charge in [0, 0.05) is 64.3 Å². The first-order valence-electron chi connectivity index (χ1n) is 32.9. The second-order valence-electron chi connectivity index (χ2n) is 26.8. The maximum Gasteiger partial charge on any atom is 0.328 e. The van der Waals surface area contributed by atoms with Crippen molar-refractivity contribution in [2.24, 2.45) is 11.7 Å². The number of thiophene rings is 1. The number of rotatable bonds is 31. The van der Waals surface area contributed by atoms with Gasteiger partial charge in [0.05, 0.1) is 24.1 Å². The van der Waals surface area contributed by atoms with Crippen molar-refractivity contribution in [2.75, 3.05) is 13.2 Å². The van der Waals surface area contributed by atoms with Crippen LogP contribution in [0.2, 0.25) is 0 Å². The number of carbonyl (C=O) groups excluding carboxylic acids is 5. The number of amides is 2. The molecule has 0 radical (unpaired) electrons. The molecule has 93 heavy (non-hydrogen) atoms. The Balaban J connectivity index is 0.000000304. The SMILES string of the molecule is CCCCCCCOc1ccc(-c2cnc(-c3ccc(C[C@H](CC(=O)c4ccc(C(C)(C)C)s4)C(=O)N[C@H](C)C(=O)OC(C)(C)C)cc3)nc2)cc1.CCCCCCCOc1ccc(-c2cnc(-c3ccc(C[C@H](N)C(=O)N[C@H](C)C(=O)OC(C)(C)C)cc3)nc2)cc1. The molecule has 0 unspecified atom stereocenters. The van der Waals surface area contributed by atoms with Gasteiger partial charge in [-0.2, -0.15) is 0 Å². The van der Waals surface area contributed by atoms with Crippen LogP contribution in [0.1, 0.15) is 186 Å². The number of esters is 2. The third-order valence-corrected chi connectivity index (χ3v) is 16.6. The van der Waals surface area contributed by atoms with E-state index in [2.05, 4.69) is 65.2 Å². The Morgan fingerprint density at radius 1 is 0.473 bits per heavy atom. The molecule has 3 aromatic heterocycles. The quantitative estimate of drug-likeness (QED) is 0.0209. The maximum absolute atomic E-state index is 13.6. The molecule has 3 heterocycles. The van der Waals surface area contributed by atoms with Crippen LogP contribution in [0.3, 0.4) is 0 Å². The summed E-state index contributed by atoms with van der Waals surface area (Å²) in [4.78, 5) is 84.5. The molecular weight excluding hydrogens is 1190 g/mol. The maximum atomic E-state index is 13.6. The van der Waals surface area contributed by atoms with Crippen LogP contribution in [0.4, 0.5) is 0 Å². The smallest absolute Gasteiger partial charge is 0.328 e. The lowest BCUT2D eigenvalue weighted by atomic mass is 9.92. The number of hydrogen-bond acceptors (Lipinski definition) is 15. The van der Waals surface area contributed by atoms with E-state index >= 15 is 0 Å². The third kappa shape index (κ3) is 25.4. The average Bonchev–Trinajstić information content (AvgIpc) is 1.89. The highest BCUT2D eigenvalue weighted by Gasteiger charge is 2.30. The fourth-order valence-corrected chi connectivity index (χ4v) is 10.8. The fraction of sp³-hybridized carbons (Fsp3) is 0.461. The van der Waals surface area contributed by atoms with Gasteiger partial charge in [-0.1, -0.05) is 159 Å². The molecule has 0 saturated heterocycles. The number of nitrogens with one attached hydrogen (secondary N) is 2. The summed E-state index contributed by atoms with van der Waals surface area (Å²) < 4.78 is 22.5. The van der Waals surface area contributed by atoms with Gasteiger partial charge in [-0.3, -0.25) is 14.4 Å².